The van der Waals surface area contributed by atoms with Crippen molar-refractivity contribution in [1.82, 2.24) is 10.6 Å². The molecule has 1 rings (SSSR count). The second-order valence-corrected chi connectivity index (χ2v) is 4.62. The second-order valence-electron chi connectivity index (χ2n) is 4.62. The number of hydrogen-bond donors (Lipinski definition) is 2. The quantitative estimate of drug-likeness (QED) is 0.707. The predicted octanol–water partition coefficient (Wildman–Crippen LogP) is 3.39. The third kappa shape index (κ3) is 31.5. The molecule has 0 atom stereocenters. The van der Waals surface area contributed by atoms with Crippen molar-refractivity contribution in [2.24, 2.45) is 5.92 Å². The van der Waals surface area contributed by atoms with Gasteiger partial charge in [0.25, 0.3) is 0 Å². The Labute approximate surface area is 97.2 Å². The maximum atomic E-state index is 3.11. The van der Waals surface area contributed by atoms with Crippen molar-refractivity contribution in [3.05, 3.63) is 0 Å². The van der Waals surface area contributed by atoms with E-state index in [-0.39, 0.29) is 0 Å². The minimum atomic E-state index is 0.833. The summed E-state index contributed by atoms with van der Waals surface area (Å²) >= 11 is 0. The lowest BCUT2D eigenvalue weighted by Gasteiger charge is -1.86. The fourth-order valence-electron chi connectivity index (χ4n) is 0.942. The Hall–Kier alpha value is -0.0800. The zero-order valence-corrected chi connectivity index (χ0v) is 11.5. The van der Waals surface area contributed by atoms with Gasteiger partial charge in [-0.05, 0) is 5.92 Å². The highest BCUT2D eigenvalue weighted by atomic mass is 15.1. The average molecular weight is 216 g/mol. The van der Waals surface area contributed by atoms with Crippen molar-refractivity contribution in [3.63, 3.8) is 0 Å². The number of hydrogen-bond acceptors (Lipinski definition) is 2. The van der Waals surface area contributed by atoms with Crippen LogP contribution in [0.15, 0.2) is 0 Å². The molecule has 1 aliphatic rings. The zero-order valence-electron chi connectivity index (χ0n) is 11.5. The van der Waals surface area contributed by atoms with Crippen LogP contribution in [-0.4, -0.2) is 19.8 Å². The van der Waals surface area contributed by atoms with Crippen LogP contribution >= 0.6 is 0 Å². The van der Waals surface area contributed by atoms with Gasteiger partial charge in [0.15, 0.2) is 0 Å². The highest BCUT2D eigenvalue weighted by Gasteiger charge is 1.90. The molecule has 0 spiro atoms. The minimum Gasteiger partial charge on any atom is -0.303 e. The molecule has 1 heterocycles. The van der Waals surface area contributed by atoms with Crippen LogP contribution in [0.1, 0.15) is 60.3 Å². The summed E-state index contributed by atoms with van der Waals surface area (Å²) in [6.07, 6.45) is 5.54. The summed E-state index contributed by atoms with van der Waals surface area (Å²) in [5.74, 6) is 0.833. The molecule has 1 saturated heterocycles. The largest absolute Gasteiger partial charge is 0.303 e. The van der Waals surface area contributed by atoms with Crippen molar-refractivity contribution < 1.29 is 0 Å². The van der Waals surface area contributed by atoms with E-state index in [9.17, 15) is 0 Å². The van der Waals surface area contributed by atoms with Crippen molar-refractivity contribution >= 4 is 0 Å². The third-order valence-corrected chi connectivity index (χ3v) is 1.69. The first kappa shape index (κ1) is 17.3. The molecule has 0 unspecified atom stereocenters. The maximum Gasteiger partial charge on any atom is 0.0455 e. The van der Waals surface area contributed by atoms with Crippen LogP contribution in [0.2, 0.25) is 0 Å². The van der Waals surface area contributed by atoms with Gasteiger partial charge in [0.1, 0.15) is 0 Å². The lowest BCUT2D eigenvalue weighted by molar-refractivity contribution is 0.702. The van der Waals surface area contributed by atoms with Gasteiger partial charge in [0.05, 0.1) is 0 Å². The second kappa shape index (κ2) is 16.4. The molecule has 0 radical (unpaired) electrons. The standard InChI is InChI=1S/C6H14.C4H10.C3H8N2/c1-3-5-6-4-2;1-4(2)3;1-2-5-3-4-1/h3-6H2,1-2H3;4H,1-3H3;4-5H,1-3H2. The fraction of sp³-hybridized carbons (Fsp3) is 1.00. The first-order chi connectivity index (χ1) is 7.15. The van der Waals surface area contributed by atoms with Crippen LogP contribution < -0.4 is 10.6 Å². The van der Waals surface area contributed by atoms with Gasteiger partial charge in [-0.1, -0.05) is 60.3 Å². The molecule has 0 aromatic rings. The van der Waals surface area contributed by atoms with E-state index >= 15 is 0 Å². The van der Waals surface area contributed by atoms with E-state index in [4.69, 9.17) is 0 Å². The molecule has 0 bridgehead atoms. The van der Waals surface area contributed by atoms with Gasteiger partial charge < -0.3 is 10.6 Å². The van der Waals surface area contributed by atoms with Crippen LogP contribution in [-0.2, 0) is 0 Å². The molecule has 1 aliphatic heterocycles. The molecule has 2 nitrogen and oxygen atoms in total. The van der Waals surface area contributed by atoms with Gasteiger partial charge in [-0.3, -0.25) is 0 Å². The molecule has 1 fully saturated rings. The van der Waals surface area contributed by atoms with E-state index < -0.39 is 0 Å². The maximum absolute atomic E-state index is 3.11. The third-order valence-electron chi connectivity index (χ3n) is 1.69. The molecule has 0 aromatic carbocycles. The first-order valence-electron chi connectivity index (χ1n) is 6.56. The Kier molecular flexibility index (Phi) is 18.9. The van der Waals surface area contributed by atoms with Crippen LogP contribution in [0.5, 0.6) is 0 Å². The lowest BCUT2D eigenvalue weighted by Crippen LogP contribution is -2.11. The topological polar surface area (TPSA) is 24.1 Å². The predicted molar refractivity (Wildman–Crippen MR) is 71.2 cm³/mol. The molecule has 2 heteroatoms. The number of unbranched alkanes of at least 4 members (excludes halogenated alkanes) is 3. The van der Waals surface area contributed by atoms with E-state index in [1.54, 1.807) is 0 Å². The number of nitrogens with one attached hydrogen (secondary N) is 2. The van der Waals surface area contributed by atoms with E-state index in [2.05, 4.69) is 45.3 Å². The van der Waals surface area contributed by atoms with Crippen LogP contribution in [0.3, 0.4) is 0 Å². The molecule has 0 saturated carbocycles. The Bertz CT molecular complexity index is 74.2. The molecular formula is C13H32N2. The highest BCUT2D eigenvalue weighted by Crippen LogP contribution is 1.95. The van der Waals surface area contributed by atoms with Gasteiger partial charge >= 0.3 is 0 Å². The van der Waals surface area contributed by atoms with Gasteiger partial charge in [-0.15, -0.1) is 0 Å². The summed E-state index contributed by atoms with van der Waals surface area (Å²) in [6.45, 7) is 14.2. The summed E-state index contributed by atoms with van der Waals surface area (Å²) in [4.78, 5) is 0. The summed E-state index contributed by atoms with van der Waals surface area (Å²) in [7, 11) is 0. The van der Waals surface area contributed by atoms with E-state index in [1.807, 2.05) is 0 Å². The molecule has 94 valence electrons. The fourth-order valence-corrected chi connectivity index (χ4v) is 0.942. The average Bonchev–Trinajstić information content (AvgIpc) is 2.71. The van der Waals surface area contributed by atoms with Crippen molar-refractivity contribution in [3.8, 4) is 0 Å². The van der Waals surface area contributed by atoms with Crippen molar-refractivity contribution in [2.45, 2.75) is 60.3 Å². The zero-order chi connectivity index (χ0) is 11.9. The van der Waals surface area contributed by atoms with Crippen LogP contribution in [0, 0.1) is 5.92 Å². The molecule has 0 amide bonds. The first-order valence-corrected chi connectivity index (χ1v) is 6.56. The van der Waals surface area contributed by atoms with E-state index in [0.29, 0.717) is 0 Å². The smallest absolute Gasteiger partial charge is 0.0455 e. The van der Waals surface area contributed by atoms with Gasteiger partial charge in [0.2, 0.25) is 0 Å². The molecule has 2 N–H and O–H groups in total. The van der Waals surface area contributed by atoms with E-state index in [1.165, 1.54) is 25.7 Å². The van der Waals surface area contributed by atoms with Gasteiger partial charge in [-0.25, -0.2) is 0 Å². The van der Waals surface area contributed by atoms with Crippen LogP contribution in [0.4, 0.5) is 0 Å². The Morgan fingerprint density at radius 1 is 0.867 bits per heavy atom. The van der Waals surface area contributed by atoms with E-state index in [0.717, 1.165) is 25.7 Å². The Morgan fingerprint density at radius 3 is 1.33 bits per heavy atom. The lowest BCUT2D eigenvalue weighted by atomic mass is 10.2. The summed E-state index contributed by atoms with van der Waals surface area (Å²) < 4.78 is 0. The highest BCUT2D eigenvalue weighted by molar-refractivity contribution is 4.55. The van der Waals surface area contributed by atoms with Gasteiger partial charge in [-0.2, -0.15) is 0 Å². The monoisotopic (exact) mass is 216 g/mol. The number of rotatable bonds is 3. The normalized spacial score (nSPS) is 14.0. The molecular weight excluding hydrogens is 184 g/mol. The minimum absolute atomic E-state index is 0.833. The summed E-state index contributed by atoms with van der Waals surface area (Å²) in [5.41, 5.74) is 0. The Morgan fingerprint density at radius 2 is 1.20 bits per heavy atom. The summed E-state index contributed by atoms with van der Waals surface area (Å²) in [6, 6.07) is 0. The summed E-state index contributed by atoms with van der Waals surface area (Å²) in [5, 5.41) is 6.22. The Balaban J connectivity index is 0. The van der Waals surface area contributed by atoms with Gasteiger partial charge in [0, 0.05) is 19.8 Å². The van der Waals surface area contributed by atoms with Crippen LogP contribution in [0.25, 0.3) is 0 Å². The molecule has 0 aromatic heterocycles. The van der Waals surface area contributed by atoms with Crippen molar-refractivity contribution in [1.29, 1.82) is 0 Å². The molecule has 0 aliphatic carbocycles. The van der Waals surface area contributed by atoms with Crippen molar-refractivity contribution in [2.75, 3.05) is 19.8 Å². The SMILES string of the molecule is C1CNCN1.CC(C)C.CCCCCC. The molecule has 15 heavy (non-hydrogen) atoms.